The Labute approximate surface area is 137 Å². The molecule has 1 aliphatic rings. The summed E-state index contributed by atoms with van der Waals surface area (Å²) in [6.07, 6.45) is 1.61. The molecule has 0 radical (unpaired) electrons. The zero-order valence-corrected chi connectivity index (χ0v) is 14.8. The van der Waals surface area contributed by atoms with Crippen molar-refractivity contribution in [1.29, 1.82) is 0 Å². The van der Waals surface area contributed by atoms with E-state index >= 15 is 0 Å². The number of hydrogen-bond acceptors (Lipinski definition) is 4. The van der Waals surface area contributed by atoms with Gasteiger partial charge in [0, 0.05) is 10.9 Å². The molecule has 0 aliphatic heterocycles. The summed E-state index contributed by atoms with van der Waals surface area (Å²) in [5, 5.41) is 2.68. The molecule has 1 aromatic rings. The van der Waals surface area contributed by atoms with Gasteiger partial charge in [-0.15, -0.1) is 11.8 Å². The molecule has 1 N–H and O–H groups in total. The molecule has 22 heavy (non-hydrogen) atoms. The van der Waals surface area contributed by atoms with Gasteiger partial charge in [0.05, 0.1) is 15.9 Å². The quantitative estimate of drug-likeness (QED) is 0.775. The number of sulfone groups is 1. The zero-order chi connectivity index (χ0) is 16.3. The van der Waals surface area contributed by atoms with Gasteiger partial charge in [-0.1, -0.05) is 26.0 Å². The molecule has 6 heteroatoms. The van der Waals surface area contributed by atoms with Crippen LogP contribution in [0.1, 0.15) is 33.6 Å². The lowest BCUT2D eigenvalue weighted by Crippen LogP contribution is -2.33. The molecule has 3 atom stereocenters. The van der Waals surface area contributed by atoms with Crippen molar-refractivity contribution >= 4 is 27.5 Å². The number of carbonyl (C=O) groups is 1. The van der Waals surface area contributed by atoms with Crippen LogP contribution in [-0.2, 0) is 14.6 Å². The van der Waals surface area contributed by atoms with Crippen LogP contribution < -0.4 is 5.32 Å². The third-order valence-corrected chi connectivity index (χ3v) is 7.05. The Balaban J connectivity index is 2.10. The molecule has 0 saturated heterocycles. The molecule has 0 spiro atoms. The summed E-state index contributed by atoms with van der Waals surface area (Å²) in [5.41, 5.74) is 0. The fraction of sp³-hybridized carbons (Fsp3) is 0.562. The molecule has 2 rings (SSSR count). The molecule has 1 aromatic carbocycles. The first-order valence-corrected chi connectivity index (χ1v) is 10.2. The second kappa shape index (κ2) is 7.04. The van der Waals surface area contributed by atoms with Crippen LogP contribution in [0.4, 0.5) is 0 Å². The second-order valence-corrected chi connectivity index (χ2v) is 9.31. The Morgan fingerprint density at radius 1 is 1.41 bits per heavy atom. The third kappa shape index (κ3) is 4.26. The molecule has 1 saturated carbocycles. The van der Waals surface area contributed by atoms with Gasteiger partial charge in [-0.25, -0.2) is 8.42 Å². The summed E-state index contributed by atoms with van der Waals surface area (Å²) in [6, 6.07) is 7.22. The SMILES string of the molecule is CCCS(=O)(=O)c1ccccc1S[C@H](C)C(=O)N[C@H]1C[C@@H]1C. The Morgan fingerprint density at radius 3 is 2.64 bits per heavy atom. The van der Waals surface area contributed by atoms with E-state index in [1.807, 2.05) is 13.8 Å². The lowest BCUT2D eigenvalue weighted by Gasteiger charge is -2.14. The fourth-order valence-corrected chi connectivity index (χ4v) is 5.09. The molecule has 122 valence electrons. The highest BCUT2D eigenvalue weighted by atomic mass is 32.2. The molecule has 0 aromatic heterocycles. The van der Waals surface area contributed by atoms with E-state index in [1.54, 1.807) is 24.3 Å². The van der Waals surface area contributed by atoms with Gasteiger partial charge in [0.2, 0.25) is 5.91 Å². The monoisotopic (exact) mass is 341 g/mol. The van der Waals surface area contributed by atoms with E-state index in [4.69, 9.17) is 0 Å². The topological polar surface area (TPSA) is 63.2 Å². The smallest absolute Gasteiger partial charge is 0.233 e. The summed E-state index contributed by atoms with van der Waals surface area (Å²) >= 11 is 1.31. The molecule has 1 aliphatic carbocycles. The largest absolute Gasteiger partial charge is 0.352 e. The van der Waals surface area contributed by atoms with E-state index in [2.05, 4.69) is 12.2 Å². The maximum absolute atomic E-state index is 12.3. The van der Waals surface area contributed by atoms with Gasteiger partial charge in [-0.3, -0.25) is 4.79 Å². The average molecular weight is 341 g/mol. The van der Waals surface area contributed by atoms with Crippen molar-refractivity contribution in [3.63, 3.8) is 0 Å². The van der Waals surface area contributed by atoms with Crippen molar-refractivity contribution in [2.75, 3.05) is 5.75 Å². The van der Waals surface area contributed by atoms with Gasteiger partial charge in [0.1, 0.15) is 0 Å². The van der Waals surface area contributed by atoms with Crippen molar-refractivity contribution in [2.24, 2.45) is 5.92 Å². The van der Waals surface area contributed by atoms with Crippen LogP contribution >= 0.6 is 11.8 Å². The number of nitrogens with one attached hydrogen (secondary N) is 1. The first kappa shape index (κ1) is 17.3. The minimum atomic E-state index is -3.28. The molecule has 0 unspecified atom stereocenters. The van der Waals surface area contributed by atoms with Crippen LogP contribution in [0.3, 0.4) is 0 Å². The highest BCUT2D eigenvalue weighted by Crippen LogP contribution is 2.33. The first-order chi connectivity index (χ1) is 10.3. The second-order valence-electron chi connectivity index (χ2n) is 5.85. The van der Waals surface area contributed by atoms with Gasteiger partial charge in [-0.2, -0.15) is 0 Å². The Morgan fingerprint density at radius 2 is 2.05 bits per heavy atom. The molecule has 1 fully saturated rings. The van der Waals surface area contributed by atoms with Crippen molar-refractivity contribution in [1.82, 2.24) is 5.32 Å². The number of carbonyl (C=O) groups excluding carboxylic acids is 1. The lowest BCUT2D eigenvalue weighted by molar-refractivity contribution is -0.120. The number of amides is 1. The zero-order valence-electron chi connectivity index (χ0n) is 13.2. The highest BCUT2D eigenvalue weighted by Gasteiger charge is 2.35. The first-order valence-electron chi connectivity index (χ1n) is 7.64. The Bertz CT molecular complexity index is 643. The molecule has 1 amide bonds. The minimum absolute atomic E-state index is 0.0259. The number of thioether (sulfide) groups is 1. The van der Waals surface area contributed by atoms with E-state index in [1.165, 1.54) is 11.8 Å². The maximum Gasteiger partial charge on any atom is 0.233 e. The Hall–Kier alpha value is -1.01. The van der Waals surface area contributed by atoms with Crippen LogP contribution in [0.25, 0.3) is 0 Å². The van der Waals surface area contributed by atoms with E-state index in [9.17, 15) is 13.2 Å². The summed E-state index contributed by atoms with van der Waals surface area (Å²) in [4.78, 5) is 13.1. The molecular weight excluding hydrogens is 318 g/mol. The predicted molar refractivity (Wildman–Crippen MR) is 89.8 cm³/mol. The summed E-state index contributed by atoms with van der Waals surface area (Å²) in [7, 11) is -3.28. The Kier molecular flexibility index (Phi) is 5.55. The van der Waals surface area contributed by atoms with Crippen LogP contribution in [-0.4, -0.2) is 31.4 Å². The van der Waals surface area contributed by atoms with Gasteiger partial charge in [-0.05, 0) is 37.8 Å². The van der Waals surface area contributed by atoms with Crippen molar-refractivity contribution in [3.8, 4) is 0 Å². The van der Waals surface area contributed by atoms with E-state index < -0.39 is 9.84 Å². The van der Waals surface area contributed by atoms with Crippen molar-refractivity contribution in [3.05, 3.63) is 24.3 Å². The van der Waals surface area contributed by atoms with Crippen LogP contribution in [0.5, 0.6) is 0 Å². The van der Waals surface area contributed by atoms with Crippen molar-refractivity contribution < 1.29 is 13.2 Å². The standard InChI is InChI=1S/C16H23NO3S2/c1-4-9-22(19,20)15-8-6-5-7-14(15)21-12(3)16(18)17-13-10-11(13)2/h5-8,11-13H,4,9-10H2,1-3H3,(H,17,18)/t11-,12+,13-/m0/s1. The normalized spacial score (nSPS) is 22.1. The summed E-state index contributed by atoms with van der Waals surface area (Å²) in [5.74, 6) is 0.658. The fourth-order valence-electron chi connectivity index (χ4n) is 2.25. The lowest BCUT2D eigenvalue weighted by atomic mass is 10.4. The number of benzene rings is 1. The summed E-state index contributed by atoms with van der Waals surface area (Å²) in [6.45, 7) is 5.77. The average Bonchev–Trinajstić information content (AvgIpc) is 3.14. The van der Waals surface area contributed by atoms with Gasteiger partial charge in [0.15, 0.2) is 9.84 Å². The predicted octanol–water partition coefficient (Wildman–Crippen LogP) is 2.88. The van der Waals surface area contributed by atoms with Crippen molar-refractivity contribution in [2.45, 2.75) is 54.7 Å². The van der Waals surface area contributed by atoms with Crippen LogP contribution in [0.2, 0.25) is 0 Å². The molecule has 4 nitrogen and oxygen atoms in total. The highest BCUT2D eigenvalue weighted by molar-refractivity contribution is 8.01. The molecule has 0 bridgehead atoms. The number of hydrogen-bond donors (Lipinski definition) is 1. The third-order valence-electron chi connectivity index (χ3n) is 3.77. The van der Waals surface area contributed by atoms with Gasteiger partial charge < -0.3 is 5.32 Å². The van der Waals surface area contributed by atoms with Crippen LogP contribution in [0.15, 0.2) is 34.1 Å². The van der Waals surface area contributed by atoms with E-state index in [0.717, 1.165) is 6.42 Å². The van der Waals surface area contributed by atoms with E-state index in [-0.39, 0.29) is 23.0 Å². The van der Waals surface area contributed by atoms with E-state index in [0.29, 0.717) is 22.1 Å². The minimum Gasteiger partial charge on any atom is -0.352 e. The van der Waals surface area contributed by atoms with Crippen LogP contribution in [0, 0.1) is 5.92 Å². The summed E-state index contributed by atoms with van der Waals surface area (Å²) < 4.78 is 24.6. The maximum atomic E-state index is 12.3. The number of rotatable bonds is 7. The van der Waals surface area contributed by atoms with Gasteiger partial charge >= 0.3 is 0 Å². The van der Waals surface area contributed by atoms with Gasteiger partial charge in [0.25, 0.3) is 0 Å². The molecule has 0 heterocycles. The molecular formula is C16H23NO3S2.